The predicted octanol–water partition coefficient (Wildman–Crippen LogP) is 2.73. The van der Waals surface area contributed by atoms with Crippen molar-refractivity contribution in [2.75, 3.05) is 31.7 Å². The molecule has 2 aromatic carbocycles. The summed E-state index contributed by atoms with van der Waals surface area (Å²) < 4.78 is 5.44. The average molecular weight is 361 g/mol. The van der Waals surface area contributed by atoms with Crippen LogP contribution < -0.4 is 11.0 Å². The van der Waals surface area contributed by atoms with E-state index in [9.17, 15) is 4.79 Å². The van der Waals surface area contributed by atoms with E-state index in [1.165, 1.54) is 0 Å². The monoisotopic (exact) mass is 361 g/mol. The van der Waals surface area contributed by atoms with Gasteiger partial charge in [-0.1, -0.05) is 30.3 Å². The summed E-state index contributed by atoms with van der Waals surface area (Å²) in [6.45, 7) is 2.82. The Hall–Kier alpha value is -3.16. The van der Waals surface area contributed by atoms with Crippen molar-refractivity contribution >= 4 is 27.6 Å². The summed E-state index contributed by atoms with van der Waals surface area (Å²) in [6, 6.07) is 15.6. The summed E-state index contributed by atoms with van der Waals surface area (Å²) >= 11 is 0. The minimum Gasteiger partial charge on any atom is -0.379 e. The number of benzene rings is 2. The number of rotatable bonds is 3. The Kier molecular flexibility index (Phi) is 3.88. The fraction of sp³-hybridized carbons (Fsp3) is 0.200. The third kappa shape index (κ3) is 2.87. The first-order valence-electron chi connectivity index (χ1n) is 8.99. The van der Waals surface area contributed by atoms with Gasteiger partial charge < -0.3 is 20.1 Å². The Morgan fingerprint density at radius 3 is 2.52 bits per heavy atom. The fourth-order valence-electron chi connectivity index (χ4n) is 3.49. The molecule has 2 aromatic heterocycles. The zero-order valence-corrected chi connectivity index (χ0v) is 14.7. The van der Waals surface area contributed by atoms with Crippen LogP contribution in [0.1, 0.15) is 0 Å². The lowest BCUT2D eigenvalue weighted by Gasteiger charge is -2.29. The van der Waals surface area contributed by atoms with Crippen molar-refractivity contribution in [3.05, 3.63) is 58.9 Å². The predicted molar refractivity (Wildman–Crippen MR) is 106 cm³/mol. The number of aromatic amines is 2. The molecule has 0 atom stereocenters. The van der Waals surface area contributed by atoms with Gasteiger partial charge in [0.15, 0.2) is 0 Å². The Labute approximate surface area is 155 Å². The Morgan fingerprint density at radius 2 is 1.70 bits per heavy atom. The van der Waals surface area contributed by atoms with Gasteiger partial charge >= 0.3 is 0 Å². The molecule has 0 bridgehead atoms. The fourth-order valence-corrected chi connectivity index (χ4v) is 3.49. The molecular weight excluding hydrogens is 342 g/mol. The van der Waals surface area contributed by atoms with E-state index in [1.807, 2.05) is 48.5 Å². The molecule has 1 saturated heterocycles. The van der Waals surface area contributed by atoms with E-state index < -0.39 is 0 Å². The molecule has 0 unspecified atom stereocenters. The number of nitrogens with one attached hydrogen (secondary N) is 3. The number of imidazole rings is 1. The van der Waals surface area contributed by atoms with Gasteiger partial charge in [-0.2, -0.15) is 0 Å². The second-order valence-electron chi connectivity index (χ2n) is 6.56. The molecule has 5 rings (SSSR count). The summed E-state index contributed by atoms with van der Waals surface area (Å²) in [6.07, 6.45) is 0. The van der Waals surface area contributed by atoms with Crippen LogP contribution in [0.4, 0.5) is 5.69 Å². The van der Waals surface area contributed by atoms with Crippen LogP contribution in [0.2, 0.25) is 0 Å². The van der Waals surface area contributed by atoms with E-state index in [-0.39, 0.29) is 5.56 Å². The SMILES string of the molecule is O=c1[nH]c2ccccc2c(NN2CCOCC2)c1-c1nc2ccccc2[nH]1. The minimum absolute atomic E-state index is 0.177. The molecule has 27 heavy (non-hydrogen) atoms. The quantitative estimate of drug-likeness (QED) is 0.522. The van der Waals surface area contributed by atoms with E-state index >= 15 is 0 Å². The van der Waals surface area contributed by atoms with Gasteiger partial charge in [-0.15, -0.1) is 0 Å². The molecule has 3 heterocycles. The number of aromatic nitrogens is 3. The largest absolute Gasteiger partial charge is 0.379 e. The molecule has 0 radical (unpaired) electrons. The van der Waals surface area contributed by atoms with Crippen molar-refractivity contribution in [3.63, 3.8) is 0 Å². The number of ether oxygens (including phenoxy) is 1. The van der Waals surface area contributed by atoms with Gasteiger partial charge in [0, 0.05) is 18.5 Å². The third-order valence-corrected chi connectivity index (χ3v) is 4.83. The first kappa shape index (κ1) is 16.0. The number of nitrogens with zero attached hydrogens (tertiary/aromatic N) is 2. The summed E-state index contributed by atoms with van der Waals surface area (Å²) in [5.41, 5.74) is 7.06. The van der Waals surface area contributed by atoms with Gasteiger partial charge in [0.25, 0.3) is 5.56 Å². The number of fused-ring (bicyclic) bond motifs is 2. The van der Waals surface area contributed by atoms with Crippen LogP contribution in [0.15, 0.2) is 53.3 Å². The first-order valence-corrected chi connectivity index (χ1v) is 8.99. The molecule has 0 spiro atoms. The first-order chi connectivity index (χ1) is 13.3. The molecule has 1 aliphatic rings. The summed E-state index contributed by atoms with van der Waals surface area (Å²) in [5.74, 6) is 0.555. The highest BCUT2D eigenvalue weighted by atomic mass is 16.5. The van der Waals surface area contributed by atoms with Crippen molar-refractivity contribution < 1.29 is 4.74 Å². The number of hydrazine groups is 1. The van der Waals surface area contributed by atoms with Crippen LogP contribution in [-0.4, -0.2) is 46.3 Å². The maximum absolute atomic E-state index is 13.0. The standard InChI is InChI=1S/C20H19N5O2/c26-20-17(19-21-15-7-3-4-8-16(15)22-19)18(24-25-9-11-27-12-10-25)13-5-1-2-6-14(13)23-20/h1-8H,9-12H2,(H,21,22)(H2,23,24,26). The third-order valence-electron chi connectivity index (χ3n) is 4.83. The Morgan fingerprint density at radius 1 is 0.963 bits per heavy atom. The summed E-state index contributed by atoms with van der Waals surface area (Å²) in [4.78, 5) is 23.9. The minimum atomic E-state index is -0.177. The molecule has 1 aliphatic heterocycles. The zero-order chi connectivity index (χ0) is 18.2. The highest BCUT2D eigenvalue weighted by Gasteiger charge is 2.20. The summed E-state index contributed by atoms with van der Waals surface area (Å²) in [5, 5.41) is 3.02. The topological polar surface area (TPSA) is 86.0 Å². The molecule has 0 amide bonds. The van der Waals surface area contributed by atoms with Crippen LogP contribution in [0.25, 0.3) is 33.3 Å². The number of hydrogen-bond acceptors (Lipinski definition) is 5. The van der Waals surface area contributed by atoms with Gasteiger partial charge in [0.1, 0.15) is 11.4 Å². The van der Waals surface area contributed by atoms with Crippen molar-refractivity contribution in [2.45, 2.75) is 0 Å². The molecule has 4 aromatic rings. The number of H-pyrrole nitrogens is 2. The highest BCUT2D eigenvalue weighted by molar-refractivity contribution is 5.98. The van der Waals surface area contributed by atoms with Crippen molar-refractivity contribution in [1.29, 1.82) is 0 Å². The smallest absolute Gasteiger partial charge is 0.261 e. The molecular formula is C20H19N5O2. The normalized spacial score (nSPS) is 15.4. The lowest BCUT2D eigenvalue weighted by Crippen LogP contribution is -2.40. The summed E-state index contributed by atoms with van der Waals surface area (Å²) in [7, 11) is 0. The van der Waals surface area contributed by atoms with E-state index in [2.05, 4.69) is 25.4 Å². The lowest BCUT2D eigenvalue weighted by atomic mass is 10.1. The van der Waals surface area contributed by atoms with Gasteiger partial charge in [-0.05, 0) is 18.2 Å². The zero-order valence-electron chi connectivity index (χ0n) is 14.7. The van der Waals surface area contributed by atoms with Crippen LogP contribution in [0.3, 0.4) is 0 Å². The number of para-hydroxylation sites is 3. The van der Waals surface area contributed by atoms with E-state index in [0.717, 1.165) is 40.7 Å². The van der Waals surface area contributed by atoms with Gasteiger partial charge in [-0.3, -0.25) is 4.79 Å². The molecule has 0 saturated carbocycles. The van der Waals surface area contributed by atoms with E-state index in [1.54, 1.807) is 0 Å². The maximum Gasteiger partial charge on any atom is 0.261 e. The number of morpholine rings is 1. The van der Waals surface area contributed by atoms with Gasteiger partial charge in [0.05, 0.1) is 35.5 Å². The van der Waals surface area contributed by atoms with Crippen LogP contribution in [0, 0.1) is 0 Å². The highest BCUT2D eigenvalue weighted by Crippen LogP contribution is 2.31. The Bertz CT molecular complexity index is 1140. The lowest BCUT2D eigenvalue weighted by molar-refractivity contribution is 0.0498. The van der Waals surface area contributed by atoms with Gasteiger partial charge in [0.2, 0.25) is 0 Å². The van der Waals surface area contributed by atoms with Crippen LogP contribution in [-0.2, 0) is 4.74 Å². The van der Waals surface area contributed by atoms with Crippen LogP contribution in [0.5, 0.6) is 0 Å². The second-order valence-corrected chi connectivity index (χ2v) is 6.56. The van der Waals surface area contributed by atoms with E-state index in [0.29, 0.717) is 24.6 Å². The Balaban J connectivity index is 1.73. The second kappa shape index (κ2) is 6.53. The molecule has 1 fully saturated rings. The molecule has 3 N–H and O–H groups in total. The number of pyridine rings is 1. The molecule has 136 valence electrons. The average Bonchev–Trinajstić information content (AvgIpc) is 3.12. The number of anilines is 1. The van der Waals surface area contributed by atoms with Crippen molar-refractivity contribution in [3.8, 4) is 11.4 Å². The molecule has 7 heteroatoms. The molecule has 0 aliphatic carbocycles. The van der Waals surface area contributed by atoms with Crippen molar-refractivity contribution in [1.82, 2.24) is 20.0 Å². The maximum atomic E-state index is 13.0. The number of hydrogen-bond donors (Lipinski definition) is 3. The van der Waals surface area contributed by atoms with Gasteiger partial charge in [-0.25, -0.2) is 9.99 Å². The van der Waals surface area contributed by atoms with E-state index in [4.69, 9.17) is 4.74 Å². The van der Waals surface area contributed by atoms with Crippen LogP contribution >= 0.6 is 0 Å². The van der Waals surface area contributed by atoms with Crippen molar-refractivity contribution in [2.24, 2.45) is 0 Å². The molecule has 7 nitrogen and oxygen atoms in total.